The highest BCUT2D eigenvalue weighted by atomic mass is 35.5. The van der Waals surface area contributed by atoms with E-state index in [1.54, 1.807) is 17.4 Å². The average molecular weight is 384 g/mol. The summed E-state index contributed by atoms with van der Waals surface area (Å²) in [7, 11) is 0. The molecule has 0 N–H and O–H groups in total. The molecule has 0 radical (unpaired) electrons. The lowest BCUT2D eigenvalue weighted by molar-refractivity contribution is 0.646. The lowest BCUT2D eigenvalue weighted by atomic mass is 10.1. The molecule has 7 heteroatoms. The molecule has 3 heterocycles. The van der Waals surface area contributed by atoms with Gasteiger partial charge in [-0.2, -0.15) is 5.26 Å². The minimum absolute atomic E-state index is 0.612. The second-order valence-electron chi connectivity index (χ2n) is 6.41. The van der Waals surface area contributed by atoms with Crippen LogP contribution in [0.3, 0.4) is 0 Å². The number of anilines is 2. The van der Waals surface area contributed by atoms with Gasteiger partial charge < -0.3 is 9.80 Å². The minimum Gasteiger partial charge on any atom is -0.353 e. The molecular formula is C19H18ClN5S. The molecule has 0 amide bonds. The number of benzene rings is 1. The smallest absolute Gasteiger partial charge is 0.185 e. The van der Waals surface area contributed by atoms with Crippen LogP contribution in [-0.4, -0.2) is 36.1 Å². The van der Waals surface area contributed by atoms with Crippen LogP contribution in [0.5, 0.6) is 0 Å². The Morgan fingerprint density at radius 1 is 1.08 bits per heavy atom. The summed E-state index contributed by atoms with van der Waals surface area (Å²) in [5.41, 5.74) is 2.53. The van der Waals surface area contributed by atoms with E-state index in [0.29, 0.717) is 10.6 Å². The highest BCUT2D eigenvalue weighted by Crippen LogP contribution is 2.28. The van der Waals surface area contributed by atoms with Gasteiger partial charge in [-0.3, -0.25) is 0 Å². The summed E-state index contributed by atoms with van der Waals surface area (Å²) in [5.74, 6) is 0.850. The van der Waals surface area contributed by atoms with Gasteiger partial charge in [0.15, 0.2) is 5.13 Å². The van der Waals surface area contributed by atoms with E-state index in [-0.39, 0.29) is 0 Å². The van der Waals surface area contributed by atoms with Crippen molar-refractivity contribution in [1.29, 1.82) is 5.26 Å². The van der Waals surface area contributed by atoms with Gasteiger partial charge in [0.25, 0.3) is 0 Å². The van der Waals surface area contributed by atoms with E-state index in [0.717, 1.165) is 53.7 Å². The zero-order chi connectivity index (χ0) is 18.3. The van der Waals surface area contributed by atoms with E-state index in [2.05, 4.69) is 34.7 Å². The lowest BCUT2D eigenvalue weighted by Crippen LogP contribution is -2.46. The van der Waals surface area contributed by atoms with Crippen molar-refractivity contribution in [3.63, 3.8) is 0 Å². The Balaban J connectivity index is 1.58. The molecule has 5 nitrogen and oxygen atoms in total. The topological polar surface area (TPSA) is 56.1 Å². The lowest BCUT2D eigenvalue weighted by Gasteiger charge is -2.35. The second kappa shape index (κ2) is 6.75. The molecule has 1 aliphatic rings. The van der Waals surface area contributed by atoms with Crippen LogP contribution in [0.1, 0.15) is 16.1 Å². The van der Waals surface area contributed by atoms with Crippen molar-refractivity contribution in [2.24, 2.45) is 0 Å². The third-order valence-electron chi connectivity index (χ3n) is 4.77. The highest BCUT2D eigenvalue weighted by Gasteiger charge is 2.21. The van der Waals surface area contributed by atoms with Crippen LogP contribution in [-0.2, 0) is 0 Å². The molecular weight excluding hydrogens is 366 g/mol. The summed E-state index contributed by atoms with van der Waals surface area (Å²) >= 11 is 7.82. The summed E-state index contributed by atoms with van der Waals surface area (Å²) in [6, 6.07) is 9.63. The Hall–Kier alpha value is -2.36. The molecule has 1 aliphatic heterocycles. The number of rotatable bonds is 2. The van der Waals surface area contributed by atoms with Gasteiger partial charge in [0.05, 0.1) is 22.8 Å². The third kappa shape index (κ3) is 3.09. The Morgan fingerprint density at radius 3 is 2.46 bits per heavy atom. The van der Waals surface area contributed by atoms with Gasteiger partial charge in [0, 0.05) is 41.5 Å². The monoisotopic (exact) mass is 383 g/mol. The summed E-state index contributed by atoms with van der Waals surface area (Å²) in [5, 5.41) is 12.0. The third-order valence-corrected chi connectivity index (χ3v) is 6.14. The number of halogens is 1. The largest absolute Gasteiger partial charge is 0.353 e. The Labute approximate surface area is 161 Å². The fourth-order valence-corrected chi connectivity index (χ4v) is 4.29. The maximum atomic E-state index is 9.51. The number of aryl methyl sites for hydroxylation is 2. The Morgan fingerprint density at radius 2 is 1.81 bits per heavy atom. The van der Waals surface area contributed by atoms with Crippen molar-refractivity contribution in [3.05, 3.63) is 45.4 Å². The van der Waals surface area contributed by atoms with Crippen molar-refractivity contribution in [2.75, 3.05) is 36.0 Å². The van der Waals surface area contributed by atoms with Gasteiger partial charge in [0.1, 0.15) is 5.82 Å². The predicted molar refractivity (Wildman–Crippen MR) is 107 cm³/mol. The van der Waals surface area contributed by atoms with Crippen LogP contribution < -0.4 is 9.80 Å². The first-order valence-corrected chi connectivity index (χ1v) is 9.69. The molecule has 3 aromatic rings. The molecule has 0 spiro atoms. The number of thiazole rings is 1. The molecule has 1 saturated heterocycles. The number of nitrogens with zero attached hydrogens (tertiary/aromatic N) is 5. The van der Waals surface area contributed by atoms with Crippen LogP contribution in [0.15, 0.2) is 24.3 Å². The molecule has 0 saturated carbocycles. The van der Waals surface area contributed by atoms with E-state index in [1.807, 2.05) is 18.2 Å². The van der Waals surface area contributed by atoms with Crippen LogP contribution >= 0.6 is 22.9 Å². The summed E-state index contributed by atoms with van der Waals surface area (Å²) in [4.78, 5) is 15.2. The van der Waals surface area contributed by atoms with Crippen molar-refractivity contribution in [1.82, 2.24) is 9.97 Å². The number of hydrogen-bond donors (Lipinski definition) is 0. The number of hydrogen-bond acceptors (Lipinski definition) is 6. The molecule has 2 aromatic heterocycles. The summed E-state index contributed by atoms with van der Waals surface area (Å²) in [6.07, 6.45) is 0. The van der Waals surface area contributed by atoms with Gasteiger partial charge >= 0.3 is 0 Å². The first-order valence-electron chi connectivity index (χ1n) is 8.49. The normalized spacial score (nSPS) is 14.7. The molecule has 0 unspecified atom stereocenters. The van der Waals surface area contributed by atoms with Gasteiger partial charge in [-0.25, -0.2) is 9.97 Å². The SMILES string of the molecule is Cc1nc(N2CCN(c3cc(C#N)c4cc(Cl)ccc4n3)CC2)sc1C. The average Bonchev–Trinajstić information content (AvgIpc) is 3.00. The van der Waals surface area contributed by atoms with Crippen LogP contribution in [0.25, 0.3) is 10.9 Å². The van der Waals surface area contributed by atoms with E-state index in [1.165, 1.54) is 4.88 Å². The van der Waals surface area contributed by atoms with Crippen molar-refractivity contribution < 1.29 is 0 Å². The van der Waals surface area contributed by atoms with Crippen LogP contribution in [0, 0.1) is 25.2 Å². The zero-order valence-corrected chi connectivity index (χ0v) is 16.2. The van der Waals surface area contributed by atoms with Gasteiger partial charge in [0.2, 0.25) is 0 Å². The minimum atomic E-state index is 0.612. The van der Waals surface area contributed by atoms with Crippen LogP contribution in [0.2, 0.25) is 5.02 Å². The molecule has 26 heavy (non-hydrogen) atoms. The van der Waals surface area contributed by atoms with Crippen LogP contribution in [0.4, 0.5) is 10.9 Å². The van der Waals surface area contributed by atoms with Crippen molar-refractivity contribution in [3.8, 4) is 6.07 Å². The Bertz CT molecular complexity index is 995. The summed E-state index contributed by atoms with van der Waals surface area (Å²) in [6.45, 7) is 7.67. The summed E-state index contributed by atoms with van der Waals surface area (Å²) < 4.78 is 0. The fourth-order valence-electron chi connectivity index (χ4n) is 3.16. The number of fused-ring (bicyclic) bond motifs is 1. The number of pyridine rings is 1. The number of piperazine rings is 1. The van der Waals surface area contributed by atoms with Gasteiger partial charge in [-0.15, -0.1) is 11.3 Å². The molecule has 0 aliphatic carbocycles. The standard InChI is InChI=1S/C19H18ClN5S/c1-12-13(2)26-19(22-12)25-7-5-24(6-8-25)18-9-14(11-21)16-10-15(20)3-4-17(16)23-18/h3-4,9-10H,5-8H2,1-2H3. The maximum Gasteiger partial charge on any atom is 0.185 e. The van der Waals surface area contributed by atoms with E-state index in [9.17, 15) is 5.26 Å². The second-order valence-corrected chi connectivity index (χ2v) is 8.03. The quantitative estimate of drug-likeness (QED) is 0.665. The van der Waals surface area contributed by atoms with E-state index < -0.39 is 0 Å². The molecule has 1 aromatic carbocycles. The van der Waals surface area contributed by atoms with Gasteiger partial charge in [-0.1, -0.05) is 11.6 Å². The Kier molecular flexibility index (Phi) is 4.43. The van der Waals surface area contributed by atoms with Gasteiger partial charge in [-0.05, 0) is 38.1 Å². The van der Waals surface area contributed by atoms with Crippen molar-refractivity contribution in [2.45, 2.75) is 13.8 Å². The predicted octanol–water partition coefficient (Wildman–Crippen LogP) is 4.16. The molecule has 0 bridgehead atoms. The zero-order valence-electron chi connectivity index (χ0n) is 14.7. The van der Waals surface area contributed by atoms with Crippen molar-refractivity contribution >= 4 is 44.8 Å². The first kappa shape index (κ1) is 17.1. The molecule has 132 valence electrons. The number of aromatic nitrogens is 2. The molecule has 0 atom stereocenters. The molecule has 1 fully saturated rings. The first-order chi connectivity index (χ1) is 12.5. The molecule has 4 rings (SSSR count). The van der Waals surface area contributed by atoms with E-state index >= 15 is 0 Å². The number of nitriles is 1. The highest BCUT2D eigenvalue weighted by molar-refractivity contribution is 7.15. The fraction of sp³-hybridized carbons (Fsp3) is 0.316. The maximum absolute atomic E-state index is 9.51. The van der Waals surface area contributed by atoms with E-state index in [4.69, 9.17) is 16.6 Å².